The second-order valence-electron chi connectivity index (χ2n) is 7.50. The van der Waals surface area contributed by atoms with Crippen molar-refractivity contribution in [3.63, 3.8) is 0 Å². The van der Waals surface area contributed by atoms with Gasteiger partial charge in [0.05, 0.1) is 12.2 Å². The molecule has 0 atom stereocenters. The lowest BCUT2D eigenvalue weighted by atomic mass is 9.90. The van der Waals surface area contributed by atoms with Crippen LogP contribution in [0.25, 0.3) is 11.3 Å². The number of carbonyl (C=O) groups is 1. The van der Waals surface area contributed by atoms with Crippen LogP contribution in [0.4, 0.5) is 5.13 Å². The number of hydrogen-bond acceptors (Lipinski definition) is 4. The van der Waals surface area contributed by atoms with Gasteiger partial charge in [0.15, 0.2) is 5.13 Å². The Labute approximate surface area is 184 Å². The summed E-state index contributed by atoms with van der Waals surface area (Å²) in [6.45, 7) is 2.39. The Morgan fingerprint density at radius 2 is 1.83 bits per heavy atom. The van der Waals surface area contributed by atoms with E-state index in [2.05, 4.69) is 61.5 Å². The predicted molar refractivity (Wildman–Crippen MR) is 123 cm³/mol. The van der Waals surface area contributed by atoms with Gasteiger partial charge in [-0.1, -0.05) is 58.4 Å². The Morgan fingerprint density at radius 3 is 2.55 bits per heavy atom. The molecule has 4 rings (SSSR count). The van der Waals surface area contributed by atoms with Crippen LogP contribution < -0.4 is 5.32 Å². The summed E-state index contributed by atoms with van der Waals surface area (Å²) in [5.41, 5.74) is 3.35. The molecule has 4 nitrogen and oxygen atoms in total. The van der Waals surface area contributed by atoms with Crippen molar-refractivity contribution < 1.29 is 4.79 Å². The van der Waals surface area contributed by atoms with Crippen molar-refractivity contribution in [3.05, 3.63) is 70.0 Å². The maximum Gasteiger partial charge on any atom is 0.240 e. The van der Waals surface area contributed by atoms with E-state index in [9.17, 15) is 4.79 Å². The first-order valence-corrected chi connectivity index (χ1v) is 11.6. The Balaban J connectivity index is 1.24. The molecule has 3 aromatic rings. The molecule has 0 saturated carbocycles. The van der Waals surface area contributed by atoms with Gasteiger partial charge >= 0.3 is 0 Å². The van der Waals surface area contributed by atoms with Gasteiger partial charge in [-0.3, -0.25) is 9.69 Å². The summed E-state index contributed by atoms with van der Waals surface area (Å²) in [5.74, 6) is 0.729. The van der Waals surface area contributed by atoms with Gasteiger partial charge in [-0.2, -0.15) is 0 Å². The van der Waals surface area contributed by atoms with E-state index in [0.29, 0.717) is 17.6 Å². The minimum absolute atomic E-state index is 0.0169. The van der Waals surface area contributed by atoms with Crippen LogP contribution in [-0.4, -0.2) is 35.4 Å². The number of anilines is 1. The van der Waals surface area contributed by atoms with Crippen LogP contribution in [0.2, 0.25) is 0 Å². The fraction of sp³-hybridized carbons (Fsp3) is 0.304. The maximum atomic E-state index is 12.5. The van der Waals surface area contributed by atoms with Gasteiger partial charge in [-0.25, -0.2) is 4.98 Å². The molecule has 1 amide bonds. The number of thiazole rings is 1. The lowest BCUT2D eigenvalue weighted by Crippen LogP contribution is -2.39. The molecule has 2 heterocycles. The lowest BCUT2D eigenvalue weighted by molar-refractivity contribution is -0.117. The van der Waals surface area contributed by atoms with Crippen LogP contribution in [-0.2, 0) is 11.2 Å². The van der Waals surface area contributed by atoms with Crippen LogP contribution in [0.1, 0.15) is 18.4 Å². The molecule has 1 aliphatic rings. The van der Waals surface area contributed by atoms with Crippen LogP contribution in [0.3, 0.4) is 0 Å². The Hall–Kier alpha value is -2.02. The molecule has 0 aliphatic carbocycles. The van der Waals surface area contributed by atoms with Crippen molar-refractivity contribution in [1.82, 2.24) is 9.88 Å². The molecular formula is C23H24BrN3OS. The monoisotopic (exact) mass is 469 g/mol. The zero-order valence-corrected chi connectivity index (χ0v) is 18.6. The van der Waals surface area contributed by atoms with Crippen molar-refractivity contribution in [2.45, 2.75) is 19.3 Å². The van der Waals surface area contributed by atoms with Crippen molar-refractivity contribution in [2.75, 3.05) is 25.0 Å². The average molecular weight is 470 g/mol. The Bertz CT molecular complexity index is 934. The van der Waals surface area contributed by atoms with Crippen LogP contribution in [0.5, 0.6) is 0 Å². The summed E-state index contributed by atoms with van der Waals surface area (Å²) in [4.78, 5) is 19.3. The fourth-order valence-corrected chi connectivity index (χ4v) is 4.74. The zero-order valence-electron chi connectivity index (χ0n) is 16.2. The van der Waals surface area contributed by atoms with Gasteiger partial charge in [-0.15, -0.1) is 11.3 Å². The summed E-state index contributed by atoms with van der Waals surface area (Å²) in [6, 6.07) is 18.7. The molecule has 1 aromatic heterocycles. The van der Waals surface area contributed by atoms with Gasteiger partial charge in [0.2, 0.25) is 5.91 Å². The third kappa shape index (κ3) is 5.75. The number of nitrogens with zero attached hydrogens (tertiary/aromatic N) is 2. The average Bonchev–Trinajstić information content (AvgIpc) is 3.19. The summed E-state index contributed by atoms with van der Waals surface area (Å²) in [6.07, 6.45) is 3.43. The Morgan fingerprint density at radius 1 is 1.10 bits per heavy atom. The van der Waals surface area contributed by atoms with E-state index in [0.717, 1.165) is 48.1 Å². The third-order valence-electron chi connectivity index (χ3n) is 5.33. The summed E-state index contributed by atoms with van der Waals surface area (Å²) < 4.78 is 1.04. The highest BCUT2D eigenvalue weighted by atomic mass is 79.9. The third-order valence-corrected chi connectivity index (χ3v) is 6.62. The smallest absolute Gasteiger partial charge is 0.240 e. The minimum Gasteiger partial charge on any atom is -0.301 e. The first-order chi connectivity index (χ1) is 14.2. The molecular weight excluding hydrogens is 446 g/mol. The van der Waals surface area contributed by atoms with Gasteiger partial charge < -0.3 is 5.32 Å². The minimum atomic E-state index is 0.0169. The van der Waals surface area contributed by atoms with E-state index >= 15 is 0 Å². The zero-order chi connectivity index (χ0) is 20.1. The number of rotatable bonds is 6. The molecule has 0 radical (unpaired) electrons. The largest absolute Gasteiger partial charge is 0.301 e. The second kappa shape index (κ2) is 9.65. The number of aromatic nitrogens is 1. The van der Waals surface area contributed by atoms with Gasteiger partial charge in [-0.05, 0) is 56.0 Å². The highest BCUT2D eigenvalue weighted by Gasteiger charge is 2.21. The molecule has 1 N–H and O–H groups in total. The van der Waals surface area contributed by atoms with Crippen LogP contribution in [0.15, 0.2) is 64.5 Å². The van der Waals surface area contributed by atoms with E-state index < -0.39 is 0 Å². The molecule has 6 heteroatoms. The molecule has 0 unspecified atom stereocenters. The molecule has 1 fully saturated rings. The number of benzene rings is 2. The topological polar surface area (TPSA) is 45.2 Å². The number of carbonyl (C=O) groups excluding carboxylic acids is 1. The van der Waals surface area contributed by atoms with E-state index in [-0.39, 0.29) is 5.91 Å². The van der Waals surface area contributed by atoms with Gasteiger partial charge in [0.1, 0.15) is 0 Å². The summed E-state index contributed by atoms with van der Waals surface area (Å²) in [7, 11) is 0. The fourth-order valence-electron chi connectivity index (χ4n) is 3.74. The first kappa shape index (κ1) is 20.3. The first-order valence-electron chi connectivity index (χ1n) is 9.93. The number of likely N-dealkylation sites (tertiary alicyclic amines) is 1. The van der Waals surface area contributed by atoms with E-state index in [4.69, 9.17) is 0 Å². The van der Waals surface area contributed by atoms with Crippen molar-refractivity contribution in [3.8, 4) is 11.3 Å². The lowest BCUT2D eigenvalue weighted by Gasteiger charge is -2.31. The highest BCUT2D eigenvalue weighted by molar-refractivity contribution is 9.10. The van der Waals surface area contributed by atoms with Crippen molar-refractivity contribution >= 4 is 38.3 Å². The molecule has 1 aliphatic heterocycles. The van der Waals surface area contributed by atoms with Crippen molar-refractivity contribution in [2.24, 2.45) is 5.92 Å². The van der Waals surface area contributed by atoms with E-state index in [1.165, 1.54) is 16.9 Å². The molecule has 29 heavy (non-hydrogen) atoms. The predicted octanol–water partition coefficient (Wildman–Crippen LogP) is 5.47. The standard InChI is InChI=1S/C23H24BrN3OS/c24-20-8-6-19(7-9-20)21-16-29-23(25-21)26-22(28)15-27-12-10-18(11-13-27)14-17-4-2-1-3-5-17/h1-9,16,18H,10-15H2,(H,25,26,28). The van der Waals surface area contributed by atoms with Crippen LogP contribution in [0, 0.1) is 5.92 Å². The molecule has 0 spiro atoms. The van der Waals surface area contributed by atoms with Crippen molar-refractivity contribution in [1.29, 1.82) is 0 Å². The number of hydrogen-bond donors (Lipinski definition) is 1. The molecule has 2 aromatic carbocycles. The quantitative estimate of drug-likeness (QED) is 0.520. The van der Waals surface area contributed by atoms with E-state index in [1.54, 1.807) is 0 Å². The highest BCUT2D eigenvalue weighted by Crippen LogP contribution is 2.26. The van der Waals surface area contributed by atoms with Gasteiger partial charge in [0.25, 0.3) is 0 Å². The van der Waals surface area contributed by atoms with Gasteiger partial charge in [0, 0.05) is 15.4 Å². The molecule has 0 bridgehead atoms. The SMILES string of the molecule is O=C(CN1CCC(Cc2ccccc2)CC1)Nc1nc(-c2ccc(Br)cc2)cs1. The molecule has 1 saturated heterocycles. The molecule has 150 valence electrons. The second-order valence-corrected chi connectivity index (χ2v) is 9.28. The van der Waals surface area contributed by atoms with E-state index in [1.807, 2.05) is 29.6 Å². The number of halogens is 1. The van der Waals surface area contributed by atoms with Crippen LogP contribution >= 0.6 is 27.3 Å². The summed E-state index contributed by atoms with van der Waals surface area (Å²) >= 11 is 4.91. The normalized spacial score (nSPS) is 15.3. The number of nitrogens with one attached hydrogen (secondary N) is 1. The number of amides is 1. The summed E-state index contributed by atoms with van der Waals surface area (Å²) in [5, 5.41) is 5.60. The maximum absolute atomic E-state index is 12.5. The Kier molecular flexibility index (Phi) is 6.74. The number of piperidine rings is 1.